The third kappa shape index (κ3) is 4.51. The van der Waals surface area contributed by atoms with Crippen LogP contribution in [-0.2, 0) is 0 Å². The van der Waals surface area contributed by atoms with Gasteiger partial charge in [0.1, 0.15) is 0 Å². The Morgan fingerprint density at radius 1 is 1.17 bits per heavy atom. The van der Waals surface area contributed by atoms with Gasteiger partial charge in [-0.05, 0) is 70.0 Å². The Bertz CT molecular complexity index is 560. The molecule has 2 saturated heterocycles. The summed E-state index contributed by atoms with van der Waals surface area (Å²) in [4.78, 5) is 9.22. The van der Waals surface area contributed by atoms with Crippen LogP contribution in [0.3, 0.4) is 0 Å². The standard InChI is InChI=1S/C18H27N5S/c1-15(17-7-3-4-10-19-17)20-21-18(24)23-13-8-16(9-14-23)22-11-5-2-6-12-22/h3-4,7,10,16H,2,5-6,8-9,11-14H2,1H3,(H,21,24). The monoisotopic (exact) mass is 345 g/mol. The first-order valence-corrected chi connectivity index (χ1v) is 9.39. The van der Waals surface area contributed by atoms with Crippen molar-refractivity contribution < 1.29 is 0 Å². The fourth-order valence-corrected chi connectivity index (χ4v) is 3.78. The molecule has 0 aromatic carbocycles. The Kier molecular flexibility index (Phi) is 6.15. The summed E-state index contributed by atoms with van der Waals surface area (Å²) < 4.78 is 0. The van der Waals surface area contributed by atoms with E-state index >= 15 is 0 Å². The molecule has 0 bridgehead atoms. The van der Waals surface area contributed by atoms with Gasteiger partial charge in [0.2, 0.25) is 0 Å². The summed E-state index contributed by atoms with van der Waals surface area (Å²) in [6.07, 6.45) is 8.30. The Morgan fingerprint density at radius 2 is 1.92 bits per heavy atom. The molecular formula is C18H27N5S. The van der Waals surface area contributed by atoms with Crippen LogP contribution in [0.4, 0.5) is 0 Å². The number of nitrogens with one attached hydrogen (secondary N) is 1. The van der Waals surface area contributed by atoms with Gasteiger partial charge in [-0.25, -0.2) is 0 Å². The second-order valence-corrected chi connectivity index (χ2v) is 7.03. The number of hydrogen-bond acceptors (Lipinski definition) is 4. The van der Waals surface area contributed by atoms with Gasteiger partial charge in [0.05, 0.1) is 11.4 Å². The minimum absolute atomic E-state index is 0.724. The minimum atomic E-state index is 0.724. The van der Waals surface area contributed by atoms with Crippen LogP contribution in [0, 0.1) is 0 Å². The lowest BCUT2D eigenvalue weighted by molar-refractivity contribution is 0.114. The summed E-state index contributed by atoms with van der Waals surface area (Å²) in [5.74, 6) is 0. The fourth-order valence-electron chi connectivity index (χ4n) is 3.55. The number of piperidine rings is 2. The Hall–Kier alpha value is -1.53. The molecule has 0 spiro atoms. The van der Waals surface area contributed by atoms with Crippen LogP contribution in [-0.4, -0.2) is 57.8 Å². The van der Waals surface area contributed by atoms with E-state index < -0.39 is 0 Å². The van der Waals surface area contributed by atoms with E-state index in [1.54, 1.807) is 6.20 Å². The Balaban J connectivity index is 1.46. The highest BCUT2D eigenvalue weighted by Crippen LogP contribution is 2.20. The van der Waals surface area contributed by atoms with Crippen molar-refractivity contribution in [2.75, 3.05) is 26.2 Å². The van der Waals surface area contributed by atoms with Crippen LogP contribution in [0.2, 0.25) is 0 Å². The van der Waals surface area contributed by atoms with Crippen molar-refractivity contribution in [2.45, 2.75) is 45.1 Å². The number of hydrazone groups is 1. The number of likely N-dealkylation sites (tertiary alicyclic amines) is 2. The van der Waals surface area contributed by atoms with Gasteiger partial charge in [-0.1, -0.05) is 12.5 Å². The summed E-state index contributed by atoms with van der Waals surface area (Å²) in [5, 5.41) is 5.11. The SMILES string of the molecule is CC(=NNC(=S)N1CCC(N2CCCCC2)CC1)c1ccccn1. The van der Waals surface area contributed by atoms with Crippen molar-refractivity contribution in [2.24, 2.45) is 5.10 Å². The number of rotatable bonds is 3. The van der Waals surface area contributed by atoms with Crippen LogP contribution in [0.25, 0.3) is 0 Å². The summed E-state index contributed by atoms with van der Waals surface area (Å²) in [7, 11) is 0. The van der Waals surface area contributed by atoms with Crippen molar-refractivity contribution in [1.82, 2.24) is 20.2 Å². The highest BCUT2D eigenvalue weighted by atomic mass is 32.1. The fraction of sp³-hybridized carbons (Fsp3) is 0.611. The van der Waals surface area contributed by atoms with Crippen molar-refractivity contribution in [1.29, 1.82) is 0 Å². The normalized spacial score (nSPS) is 20.9. The summed E-state index contributed by atoms with van der Waals surface area (Å²) in [6, 6.07) is 6.56. The van der Waals surface area contributed by atoms with Crippen molar-refractivity contribution in [3.8, 4) is 0 Å². The van der Waals surface area contributed by atoms with Gasteiger partial charge in [-0.3, -0.25) is 10.4 Å². The molecule has 2 aliphatic rings. The molecule has 5 nitrogen and oxygen atoms in total. The second-order valence-electron chi connectivity index (χ2n) is 6.64. The van der Waals surface area contributed by atoms with Gasteiger partial charge >= 0.3 is 0 Å². The second kappa shape index (κ2) is 8.53. The molecule has 1 N–H and O–H groups in total. The smallest absolute Gasteiger partial charge is 0.189 e. The van der Waals surface area contributed by atoms with E-state index in [4.69, 9.17) is 12.2 Å². The van der Waals surface area contributed by atoms with Crippen molar-refractivity contribution in [3.05, 3.63) is 30.1 Å². The number of nitrogens with zero attached hydrogens (tertiary/aromatic N) is 4. The predicted molar refractivity (Wildman–Crippen MR) is 102 cm³/mol. The lowest BCUT2D eigenvalue weighted by Gasteiger charge is -2.40. The van der Waals surface area contributed by atoms with Crippen LogP contribution in [0.15, 0.2) is 29.5 Å². The third-order valence-corrected chi connectivity index (χ3v) is 5.36. The summed E-state index contributed by atoms with van der Waals surface area (Å²) in [5.41, 5.74) is 4.76. The van der Waals surface area contributed by atoms with E-state index in [1.807, 2.05) is 25.1 Å². The number of aromatic nitrogens is 1. The van der Waals surface area contributed by atoms with Gasteiger partial charge in [0, 0.05) is 25.3 Å². The van der Waals surface area contributed by atoms with Crippen LogP contribution < -0.4 is 5.43 Å². The van der Waals surface area contributed by atoms with Crippen LogP contribution in [0.1, 0.15) is 44.7 Å². The van der Waals surface area contributed by atoms with E-state index in [9.17, 15) is 0 Å². The zero-order valence-corrected chi connectivity index (χ0v) is 15.3. The average Bonchev–Trinajstić information content (AvgIpc) is 2.67. The van der Waals surface area contributed by atoms with E-state index in [0.717, 1.165) is 35.6 Å². The maximum Gasteiger partial charge on any atom is 0.189 e. The zero-order chi connectivity index (χ0) is 16.8. The molecule has 1 aromatic rings. The van der Waals surface area contributed by atoms with Gasteiger partial charge in [0.15, 0.2) is 5.11 Å². The Morgan fingerprint density at radius 3 is 2.58 bits per heavy atom. The first-order valence-electron chi connectivity index (χ1n) is 8.99. The number of thiocarbonyl (C=S) groups is 1. The summed E-state index contributed by atoms with van der Waals surface area (Å²) in [6.45, 7) is 6.54. The van der Waals surface area contributed by atoms with E-state index in [2.05, 4.69) is 25.3 Å². The molecule has 24 heavy (non-hydrogen) atoms. The highest BCUT2D eigenvalue weighted by molar-refractivity contribution is 7.80. The molecule has 3 heterocycles. The maximum absolute atomic E-state index is 5.51. The molecule has 1 aromatic heterocycles. The molecule has 0 aliphatic carbocycles. The first kappa shape index (κ1) is 17.3. The molecule has 0 amide bonds. The molecule has 3 rings (SSSR count). The van der Waals surface area contributed by atoms with Gasteiger partial charge in [0.25, 0.3) is 0 Å². The van der Waals surface area contributed by atoms with Crippen molar-refractivity contribution >= 4 is 23.0 Å². The zero-order valence-electron chi connectivity index (χ0n) is 14.4. The van der Waals surface area contributed by atoms with Gasteiger partial charge in [-0.15, -0.1) is 0 Å². The van der Waals surface area contributed by atoms with Crippen LogP contribution >= 0.6 is 12.2 Å². The largest absolute Gasteiger partial charge is 0.348 e. The topological polar surface area (TPSA) is 43.8 Å². The average molecular weight is 346 g/mol. The highest BCUT2D eigenvalue weighted by Gasteiger charge is 2.26. The number of pyridine rings is 1. The molecule has 130 valence electrons. The van der Waals surface area contributed by atoms with E-state index in [1.165, 1.54) is 45.2 Å². The number of hydrogen-bond donors (Lipinski definition) is 1. The van der Waals surface area contributed by atoms with Gasteiger partial charge in [-0.2, -0.15) is 5.10 Å². The lowest BCUT2D eigenvalue weighted by Crippen LogP contribution is -2.49. The molecular weight excluding hydrogens is 318 g/mol. The van der Waals surface area contributed by atoms with E-state index in [-0.39, 0.29) is 0 Å². The molecule has 2 aliphatic heterocycles. The minimum Gasteiger partial charge on any atom is -0.348 e. The lowest BCUT2D eigenvalue weighted by atomic mass is 10.0. The van der Waals surface area contributed by atoms with Crippen molar-refractivity contribution in [3.63, 3.8) is 0 Å². The van der Waals surface area contributed by atoms with Gasteiger partial charge < -0.3 is 9.80 Å². The first-order chi connectivity index (χ1) is 11.7. The quantitative estimate of drug-likeness (QED) is 0.518. The maximum atomic E-state index is 5.51. The molecule has 2 fully saturated rings. The van der Waals surface area contributed by atoms with E-state index in [0.29, 0.717) is 0 Å². The third-order valence-electron chi connectivity index (χ3n) is 5.01. The molecule has 0 radical (unpaired) electrons. The predicted octanol–water partition coefficient (Wildman–Crippen LogP) is 2.63. The molecule has 0 saturated carbocycles. The molecule has 0 atom stereocenters. The molecule has 0 unspecified atom stereocenters. The molecule has 6 heteroatoms. The Labute approximate surface area is 150 Å². The summed E-state index contributed by atoms with van der Waals surface area (Å²) >= 11 is 5.51. The van der Waals surface area contributed by atoms with Crippen LogP contribution in [0.5, 0.6) is 0 Å².